The molecule has 0 saturated carbocycles. The molecule has 0 fully saturated rings. The summed E-state index contributed by atoms with van der Waals surface area (Å²) in [4.78, 5) is 27.3. The van der Waals surface area contributed by atoms with E-state index in [9.17, 15) is 9.59 Å². The molecule has 3 atom stereocenters. The van der Waals surface area contributed by atoms with E-state index in [0.29, 0.717) is 13.0 Å². The van der Waals surface area contributed by atoms with Crippen LogP contribution in [0.1, 0.15) is 68.3 Å². The van der Waals surface area contributed by atoms with E-state index in [2.05, 4.69) is 49.4 Å². The molecule has 0 saturated heterocycles. The van der Waals surface area contributed by atoms with Crippen LogP contribution in [0.3, 0.4) is 0 Å². The largest absolute Gasteiger partial charge is 0.488 e. The van der Waals surface area contributed by atoms with E-state index in [0.717, 1.165) is 38.8 Å². The Morgan fingerprint density at radius 1 is 0.929 bits per heavy atom. The van der Waals surface area contributed by atoms with E-state index in [1.165, 1.54) is 7.11 Å². The van der Waals surface area contributed by atoms with Gasteiger partial charge in [0, 0.05) is 11.5 Å². The van der Waals surface area contributed by atoms with E-state index in [4.69, 9.17) is 14.2 Å². The molecule has 1 aliphatic heterocycles. The van der Waals surface area contributed by atoms with Crippen LogP contribution in [0.4, 0.5) is 4.79 Å². The number of para-hydroxylation sites is 1. The van der Waals surface area contributed by atoms with Gasteiger partial charge < -0.3 is 14.2 Å². The highest BCUT2D eigenvalue weighted by Gasteiger charge is 2.35. The fourth-order valence-corrected chi connectivity index (χ4v) is 5.74. The molecule has 0 N–H and O–H groups in total. The second-order valence-corrected chi connectivity index (χ2v) is 11.9. The van der Waals surface area contributed by atoms with Gasteiger partial charge in [-0.15, -0.1) is 0 Å². The van der Waals surface area contributed by atoms with Crippen LogP contribution in [0.2, 0.25) is 0 Å². The SMILES string of the molecule is COC(=O)Cc1ccc(C2C[C@H](CN(C(=O)OC(C)(C)C)[C@H](C)c3cccc4ccccc34)Oc3ccccc32)cc1. The third-order valence-electron chi connectivity index (χ3n) is 7.81. The van der Waals surface area contributed by atoms with Crippen molar-refractivity contribution in [2.24, 2.45) is 0 Å². The summed E-state index contributed by atoms with van der Waals surface area (Å²) in [6.45, 7) is 8.08. The molecule has 1 aliphatic rings. The van der Waals surface area contributed by atoms with E-state index in [1.807, 2.05) is 74.2 Å². The fourth-order valence-electron chi connectivity index (χ4n) is 5.74. The standard InChI is InChI=1S/C36H39NO5/c1-24(29-15-10-12-26-11-6-7-13-30(26)29)37(35(39)42-36(2,3)4)23-28-22-32(31-14-8-9-16-33(31)41-28)27-19-17-25(18-20-27)21-34(38)40-5/h6-20,24,28,32H,21-23H2,1-5H3/t24-,28-,32?/m1/s1. The number of hydrogen-bond donors (Lipinski definition) is 0. The van der Waals surface area contributed by atoms with Gasteiger partial charge in [-0.2, -0.15) is 0 Å². The van der Waals surface area contributed by atoms with Gasteiger partial charge in [-0.25, -0.2) is 4.79 Å². The first kappa shape index (κ1) is 29.2. The van der Waals surface area contributed by atoms with Gasteiger partial charge >= 0.3 is 12.1 Å². The second-order valence-electron chi connectivity index (χ2n) is 11.9. The minimum Gasteiger partial charge on any atom is -0.488 e. The van der Waals surface area contributed by atoms with Crippen molar-refractivity contribution in [1.29, 1.82) is 0 Å². The Morgan fingerprint density at radius 3 is 2.36 bits per heavy atom. The maximum Gasteiger partial charge on any atom is 0.410 e. The Balaban J connectivity index is 1.46. The van der Waals surface area contributed by atoms with Gasteiger partial charge in [0.1, 0.15) is 17.5 Å². The topological polar surface area (TPSA) is 65.1 Å². The molecule has 0 radical (unpaired) electrons. The van der Waals surface area contributed by atoms with Crippen LogP contribution >= 0.6 is 0 Å². The lowest BCUT2D eigenvalue weighted by Crippen LogP contribution is -2.45. The number of amides is 1. The first-order valence-corrected chi connectivity index (χ1v) is 14.5. The average molecular weight is 566 g/mol. The van der Waals surface area contributed by atoms with Crippen molar-refractivity contribution in [2.45, 2.75) is 64.2 Å². The van der Waals surface area contributed by atoms with Gasteiger partial charge in [0.15, 0.2) is 0 Å². The van der Waals surface area contributed by atoms with Crippen LogP contribution in [0.25, 0.3) is 10.8 Å². The van der Waals surface area contributed by atoms with Crippen LogP contribution in [0.15, 0.2) is 91.0 Å². The summed E-state index contributed by atoms with van der Waals surface area (Å²) >= 11 is 0. The summed E-state index contributed by atoms with van der Waals surface area (Å²) in [6.07, 6.45) is 0.300. The predicted octanol–water partition coefficient (Wildman–Crippen LogP) is 7.84. The second kappa shape index (κ2) is 12.3. The van der Waals surface area contributed by atoms with Crippen molar-refractivity contribution in [3.05, 3.63) is 113 Å². The number of hydrogen-bond acceptors (Lipinski definition) is 5. The first-order chi connectivity index (χ1) is 20.1. The summed E-state index contributed by atoms with van der Waals surface area (Å²) < 4.78 is 17.3. The third-order valence-corrected chi connectivity index (χ3v) is 7.81. The van der Waals surface area contributed by atoms with Gasteiger partial charge in [0.05, 0.1) is 26.1 Å². The van der Waals surface area contributed by atoms with Crippen LogP contribution < -0.4 is 4.74 Å². The maximum absolute atomic E-state index is 13.7. The minimum absolute atomic E-state index is 0.0699. The Labute approximate surface area is 248 Å². The molecule has 0 bridgehead atoms. The number of nitrogens with zero attached hydrogens (tertiary/aromatic N) is 1. The lowest BCUT2D eigenvalue weighted by Gasteiger charge is -2.38. The van der Waals surface area contributed by atoms with Gasteiger partial charge in [-0.3, -0.25) is 9.69 Å². The minimum atomic E-state index is -0.637. The number of carbonyl (C=O) groups is 2. The molecule has 0 spiro atoms. The van der Waals surface area contributed by atoms with Gasteiger partial charge in [-0.1, -0.05) is 84.9 Å². The van der Waals surface area contributed by atoms with Crippen molar-refractivity contribution in [3.8, 4) is 5.75 Å². The van der Waals surface area contributed by atoms with E-state index >= 15 is 0 Å². The smallest absolute Gasteiger partial charge is 0.410 e. The van der Waals surface area contributed by atoms with Crippen LogP contribution in [0, 0.1) is 0 Å². The highest BCUT2D eigenvalue weighted by Crippen LogP contribution is 2.41. The number of ether oxygens (including phenoxy) is 3. The van der Waals surface area contributed by atoms with E-state index < -0.39 is 5.60 Å². The van der Waals surface area contributed by atoms with Crippen molar-refractivity contribution in [2.75, 3.05) is 13.7 Å². The highest BCUT2D eigenvalue weighted by molar-refractivity contribution is 5.86. The molecule has 1 amide bonds. The quantitative estimate of drug-likeness (QED) is 0.214. The molecule has 5 rings (SSSR count). The molecule has 0 aromatic heterocycles. The van der Waals surface area contributed by atoms with E-state index in [-0.39, 0.29) is 36.5 Å². The zero-order valence-corrected chi connectivity index (χ0v) is 25.0. The summed E-state index contributed by atoms with van der Waals surface area (Å²) in [6, 6.07) is 30.4. The normalized spacial score (nSPS) is 17.1. The average Bonchev–Trinajstić information content (AvgIpc) is 2.98. The molecule has 4 aromatic rings. The molecule has 6 heteroatoms. The summed E-state index contributed by atoms with van der Waals surface area (Å²) in [7, 11) is 1.40. The van der Waals surface area contributed by atoms with Crippen molar-refractivity contribution >= 4 is 22.8 Å². The molecule has 0 aliphatic carbocycles. The number of methoxy groups -OCH3 is 1. The molecule has 4 aromatic carbocycles. The summed E-state index contributed by atoms with van der Waals surface area (Å²) in [5.41, 5.74) is 3.58. The van der Waals surface area contributed by atoms with Gasteiger partial charge in [0.2, 0.25) is 0 Å². The van der Waals surface area contributed by atoms with Crippen LogP contribution in [-0.2, 0) is 20.7 Å². The van der Waals surface area contributed by atoms with Gasteiger partial charge in [0.25, 0.3) is 0 Å². The lowest BCUT2D eigenvalue weighted by molar-refractivity contribution is -0.139. The number of esters is 1. The van der Waals surface area contributed by atoms with Crippen LogP contribution in [-0.4, -0.2) is 42.3 Å². The van der Waals surface area contributed by atoms with Gasteiger partial charge in [-0.05, 0) is 67.6 Å². The zero-order valence-electron chi connectivity index (χ0n) is 25.0. The monoisotopic (exact) mass is 565 g/mol. The number of benzene rings is 4. The Kier molecular flexibility index (Phi) is 8.53. The molecule has 218 valence electrons. The van der Waals surface area contributed by atoms with E-state index in [1.54, 1.807) is 0 Å². The maximum atomic E-state index is 13.7. The molecule has 42 heavy (non-hydrogen) atoms. The lowest BCUT2D eigenvalue weighted by atomic mass is 9.83. The van der Waals surface area contributed by atoms with Crippen LogP contribution in [0.5, 0.6) is 5.75 Å². The molecule has 6 nitrogen and oxygen atoms in total. The molecule has 1 heterocycles. The first-order valence-electron chi connectivity index (χ1n) is 14.5. The third kappa shape index (κ3) is 6.59. The Hall–Kier alpha value is -4.32. The molecule has 1 unspecified atom stereocenters. The number of rotatable bonds is 7. The number of fused-ring (bicyclic) bond motifs is 2. The molecular formula is C36H39NO5. The Bertz CT molecular complexity index is 1550. The summed E-state index contributed by atoms with van der Waals surface area (Å²) in [5, 5.41) is 2.24. The zero-order chi connectivity index (χ0) is 29.9. The predicted molar refractivity (Wildman–Crippen MR) is 165 cm³/mol. The van der Waals surface area contributed by atoms with Crippen molar-refractivity contribution in [3.63, 3.8) is 0 Å². The fraction of sp³-hybridized carbons (Fsp3) is 0.333. The summed E-state index contributed by atoms with van der Waals surface area (Å²) in [5.74, 6) is 0.626. The van der Waals surface area contributed by atoms with Crippen molar-refractivity contribution in [1.82, 2.24) is 4.90 Å². The molecular weight excluding hydrogens is 526 g/mol. The number of carbonyl (C=O) groups excluding carboxylic acids is 2. The highest BCUT2D eigenvalue weighted by atomic mass is 16.6. The Morgan fingerprint density at radius 2 is 1.62 bits per heavy atom. The van der Waals surface area contributed by atoms with Crippen molar-refractivity contribution < 1.29 is 23.8 Å².